The molecule has 17 heteroatoms. The van der Waals surface area contributed by atoms with Gasteiger partial charge in [-0.1, -0.05) is 24.3 Å². The number of anilines is 2. The molecule has 5 aliphatic rings. The van der Waals surface area contributed by atoms with Crippen molar-refractivity contribution in [2.24, 2.45) is 5.92 Å². The quantitative estimate of drug-likeness (QED) is 0.0961. The molecule has 10 rings (SSSR count). The number of carbonyl (C=O) groups is 4. The summed E-state index contributed by atoms with van der Waals surface area (Å²) in [5.41, 5.74) is 4.56. The van der Waals surface area contributed by atoms with Crippen molar-refractivity contribution in [3.63, 3.8) is 0 Å². The van der Waals surface area contributed by atoms with E-state index in [4.69, 9.17) is 0 Å². The molecular weight excluding hydrogens is 867 g/mol. The van der Waals surface area contributed by atoms with Crippen molar-refractivity contribution in [1.82, 2.24) is 29.4 Å². The van der Waals surface area contributed by atoms with E-state index in [1.807, 2.05) is 18.2 Å². The molecular formula is C49H52F2N8O6S. The standard InChI is InChI=1S/C49H52F2N8O6S/c1-29-3-2-18-59(29)66(64,65)55-41-11-10-40(50)44(45(41)51)46(61)39-26-53-47-38(39)24-34(25-52-47)31-4-7-36(8-5-31)57-21-14-30(15-22-57)27-56-19-16-32(17-20-56)33-6-9-37-35(23-33)28-58(49(37)63)42-12-13-43(60)54-48(42)62/h4-11,23-26,29-30,32,42,55H,2-3,12-22,27-28H2,1H3,(H,52,53)(H,54,60,62)/t29-,42?/m0/s1. The molecule has 14 nitrogen and oxygen atoms in total. The highest BCUT2D eigenvalue weighted by atomic mass is 32.2. The van der Waals surface area contributed by atoms with Crippen molar-refractivity contribution in [2.75, 3.05) is 48.9 Å². The first-order valence-corrected chi connectivity index (χ1v) is 24.4. The number of amides is 3. The van der Waals surface area contributed by atoms with Crippen LogP contribution in [0.4, 0.5) is 20.2 Å². The second-order valence-electron chi connectivity index (χ2n) is 18.5. The number of likely N-dealkylation sites (tertiary alicyclic amines) is 1. The molecule has 2 aromatic heterocycles. The fraction of sp³-hybridized carbons (Fsp3) is 0.408. The van der Waals surface area contributed by atoms with E-state index >= 15 is 8.78 Å². The van der Waals surface area contributed by atoms with E-state index in [2.05, 4.69) is 54.1 Å². The second kappa shape index (κ2) is 17.6. The predicted molar refractivity (Wildman–Crippen MR) is 245 cm³/mol. The molecule has 66 heavy (non-hydrogen) atoms. The minimum atomic E-state index is -4.13. The summed E-state index contributed by atoms with van der Waals surface area (Å²) in [4.78, 5) is 65.2. The normalized spacial score (nSPS) is 21.5. The van der Waals surface area contributed by atoms with Crippen LogP contribution >= 0.6 is 0 Å². The van der Waals surface area contributed by atoms with Crippen LogP contribution in [0.5, 0.6) is 0 Å². The SMILES string of the molecule is C[C@H]1CCCN1S(=O)(=O)Nc1ccc(F)c(C(=O)c2c[nH]c3ncc(-c4ccc(N5CCC(CN6CCC(c7ccc8c(c7)CN(C7CCC(=O)NC7=O)C8=O)CC6)CC5)cc4)cc23)c1F. The van der Waals surface area contributed by atoms with Crippen LogP contribution in [-0.2, 0) is 26.3 Å². The Kier molecular flexibility index (Phi) is 11.7. The third-order valence-corrected chi connectivity index (χ3v) is 16.1. The summed E-state index contributed by atoms with van der Waals surface area (Å²) in [5, 5.41) is 2.75. The average molecular weight is 919 g/mol. The van der Waals surface area contributed by atoms with E-state index in [9.17, 15) is 27.6 Å². The fourth-order valence-corrected chi connectivity index (χ4v) is 12.2. The van der Waals surface area contributed by atoms with Crippen LogP contribution in [-0.4, -0.2) is 107 Å². The van der Waals surface area contributed by atoms with E-state index in [1.165, 1.54) is 16.1 Å². The molecule has 7 heterocycles. The summed E-state index contributed by atoms with van der Waals surface area (Å²) < 4.78 is 60.6. The highest BCUT2D eigenvalue weighted by molar-refractivity contribution is 7.90. The lowest BCUT2D eigenvalue weighted by molar-refractivity contribution is -0.136. The Bertz CT molecular complexity index is 2860. The van der Waals surface area contributed by atoms with Gasteiger partial charge in [0.25, 0.3) is 5.91 Å². The van der Waals surface area contributed by atoms with Crippen LogP contribution < -0.4 is 14.9 Å². The van der Waals surface area contributed by atoms with Crippen molar-refractivity contribution in [3.05, 3.63) is 113 Å². The van der Waals surface area contributed by atoms with Crippen LogP contribution in [0.2, 0.25) is 0 Å². The molecule has 4 saturated heterocycles. The maximum absolute atomic E-state index is 15.9. The van der Waals surface area contributed by atoms with E-state index < -0.39 is 50.8 Å². The van der Waals surface area contributed by atoms with Gasteiger partial charge in [0.2, 0.25) is 17.6 Å². The molecule has 0 radical (unpaired) electrons. The minimum Gasteiger partial charge on any atom is -0.372 e. The minimum absolute atomic E-state index is 0.00796. The number of ketones is 1. The molecule has 0 spiro atoms. The Morgan fingerprint density at radius 1 is 0.879 bits per heavy atom. The van der Waals surface area contributed by atoms with Crippen LogP contribution in [0.25, 0.3) is 22.2 Å². The van der Waals surface area contributed by atoms with E-state index in [1.54, 1.807) is 24.1 Å². The van der Waals surface area contributed by atoms with E-state index in [-0.39, 0.29) is 36.4 Å². The Balaban J connectivity index is 0.731. The number of pyridine rings is 1. The van der Waals surface area contributed by atoms with Crippen LogP contribution in [0.15, 0.2) is 73.1 Å². The zero-order valence-electron chi connectivity index (χ0n) is 36.7. The number of rotatable bonds is 11. The number of carbonyl (C=O) groups excluding carboxylic acids is 4. The molecule has 4 fully saturated rings. The highest BCUT2D eigenvalue weighted by Gasteiger charge is 2.40. The van der Waals surface area contributed by atoms with E-state index in [0.717, 1.165) is 92.9 Å². The van der Waals surface area contributed by atoms with Gasteiger partial charge in [0.05, 0.1) is 11.3 Å². The Labute approximate surface area is 381 Å². The zero-order chi connectivity index (χ0) is 45.9. The van der Waals surface area contributed by atoms with Gasteiger partial charge in [0.15, 0.2) is 5.82 Å². The fourth-order valence-electron chi connectivity index (χ4n) is 10.7. The Morgan fingerprint density at radius 3 is 2.38 bits per heavy atom. The number of hydrogen-bond donors (Lipinski definition) is 3. The first-order valence-electron chi connectivity index (χ1n) is 23.0. The van der Waals surface area contributed by atoms with Crippen LogP contribution in [0, 0.1) is 17.6 Å². The number of imide groups is 1. The number of nitrogens with one attached hydrogen (secondary N) is 3. The number of benzene rings is 3. The number of halogens is 2. The van der Waals surface area contributed by atoms with Crippen LogP contribution in [0.1, 0.15) is 102 Å². The summed E-state index contributed by atoms with van der Waals surface area (Å²) >= 11 is 0. The number of aromatic nitrogens is 2. The Morgan fingerprint density at radius 2 is 1.65 bits per heavy atom. The lowest BCUT2D eigenvalue weighted by Gasteiger charge is -2.38. The monoisotopic (exact) mass is 918 g/mol. The number of piperidine rings is 3. The maximum atomic E-state index is 15.9. The summed E-state index contributed by atoms with van der Waals surface area (Å²) in [6, 6.07) is 17.1. The molecule has 3 amide bonds. The molecule has 0 aliphatic carbocycles. The molecule has 3 aromatic carbocycles. The van der Waals surface area contributed by atoms with Gasteiger partial charge < -0.3 is 19.7 Å². The lowest BCUT2D eigenvalue weighted by atomic mass is 9.87. The number of nitrogens with zero attached hydrogens (tertiary/aromatic N) is 5. The van der Waals surface area contributed by atoms with E-state index in [0.29, 0.717) is 54.2 Å². The van der Waals surface area contributed by atoms with Gasteiger partial charge in [-0.05, 0) is 130 Å². The van der Waals surface area contributed by atoms with Crippen molar-refractivity contribution in [1.29, 1.82) is 0 Å². The third-order valence-electron chi connectivity index (χ3n) is 14.4. The summed E-state index contributed by atoms with van der Waals surface area (Å²) in [7, 11) is -4.13. The number of aromatic amines is 1. The third kappa shape index (κ3) is 8.36. The molecule has 0 bridgehead atoms. The average Bonchev–Trinajstić information content (AvgIpc) is 4.04. The number of H-pyrrole nitrogens is 1. The Hall–Kier alpha value is -6.04. The van der Waals surface area contributed by atoms with Crippen LogP contribution in [0.3, 0.4) is 0 Å². The van der Waals surface area contributed by atoms with Gasteiger partial charge >= 0.3 is 10.2 Å². The van der Waals surface area contributed by atoms with Crippen molar-refractivity contribution >= 4 is 56.1 Å². The second-order valence-corrected chi connectivity index (χ2v) is 20.1. The van der Waals surface area contributed by atoms with Gasteiger partial charge in [0, 0.05) is 85.3 Å². The van der Waals surface area contributed by atoms with Gasteiger partial charge in [-0.25, -0.2) is 13.8 Å². The summed E-state index contributed by atoms with van der Waals surface area (Å²) in [5.74, 6) is -3.13. The largest absolute Gasteiger partial charge is 0.372 e. The van der Waals surface area contributed by atoms with Gasteiger partial charge in [-0.2, -0.15) is 12.7 Å². The molecule has 5 aliphatic heterocycles. The zero-order valence-corrected chi connectivity index (χ0v) is 37.5. The lowest BCUT2D eigenvalue weighted by Crippen LogP contribution is -2.52. The number of hydrogen-bond acceptors (Lipinski definition) is 9. The summed E-state index contributed by atoms with van der Waals surface area (Å²) in [6.45, 7) is 7.44. The predicted octanol–water partition coefficient (Wildman–Crippen LogP) is 6.74. The van der Waals surface area contributed by atoms with Crippen molar-refractivity contribution in [2.45, 2.75) is 82.8 Å². The summed E-state index contributed by atoms with van der Waals surface area (Å²) in [6.07, 6.45) is 9.26. The molecule has 1 unspecified atom stereocenters. The first-order chi connectivity index (χ1) is 31.8. The molecule has 0 saturated carbocycles. The topological polar surface area (TPSA) is 168 Å². The van der Waals surface area contributed by atoms with Gasteiger partial charge in [-0.15, -0.1) is 0 Å². The molecule has 2 atom stereocenters. The first kappa shape index (κ1) is 43.8. The van der Waals surface area contributed by atoms with Gasteiger partial charge in [-0.3, -0.25) is 29.2 Å². The molecule has 344 valence electrons. The highest BCUT2D eigenvalue weighted by Crippen LogP contribution is 2.36. The molecule has 3 N–H and O–H groups in total. The van der Waals surface area contributed by atoms with Crippen molar-refractivity contribution < 1.29 is 36.4 Å². The van der Waals surface area contributed by atoms with Gasteiger partial charge in [0.1, 0.15) is 17.5 Å². The smallest absolute Gasteiger partial charge is 0.301 e. The van der Waals surface area contributed by atoms with Crippen molar-refractivity contribution in [3.8, 4) is 11.1 Å². The molecule has 5 aromatic rings. The number of fused-ring (bicyclic) bond motifs is 2. The maximum Gasteiger partial charge on any atom is 0.301 e.